The smallest absolute Gasteiger partial charge is 0.188 e. The molecule has 2 unspecified atom stereocenters. The Bertz CT molecular complexity index is 609. The number of tetrazole rings is 1. The maximum absolute atomic E-state index is 6.10. The number of rotatable bonds is 3. The molecule has 2 N–H and O–H groups in total. The number of methoxy groups -OCH3 is 1. The Labute approximate surface area is 117 Å². The van der Waals surface area contributed by atoms with Crippen molar-refractivity contribution in [3.8, 4) is 17.1 Å². The van der Waals surface area contributed by atoms with Crippen LogP contribution in [0.5, 0.6) is 5.75 Å². The van der Waals surface area contributed by atoms with E-state index >= 15 is 0 Å². The molecule has 1 heterocycles. The molecule has 6 heteroatoms. The quantitative estimate of drug-likeness (QED) is 0.868. The van der Waals surface area contributed by atoms with E-state index in [0.717, 1.165) is 12.0 Å². The van der Waals surface area contributed by atoms with Crippen molar-refractivity contribution in [1.29, 1.82) is 0 Å². The second-order valence-electron chi connectivity index (χ2n) is 5.35. The first-order valence-corrected chi connectivity index (χ1v) is 6.93. The Morgan fingerprint density at radius 1 is 1.35 bits per heavy atom. The molecule has 1 fully saturated rings. The minimum Gasteiger partial charge on any atom is -0.496 e. The van der Waals surface area contributed by atoms with E-state index in [1.165, 1.54) is 12.8 Å². The standard InChI is InChI=1S/C14H19N5O/c1-9-5-3-7-11(9)19-14(16-17-18-19)13-10(15)6-4-8-12(13)20-2/h4,6,8-9,11H,3,5,7,15H2,1-2H3. The molecular formula is C14H19N5O. The van der Waals surface area contributed by atoms with Crippen molar-refractivity contribution in [2.45, 2.75) is 32.2 Å². The van der Waals surface area contributed by atoms with Gasteiger partial charge in [-0.15, -0.1) is 5.10 Å². The van der Waals surface area contributed by atoms with E-state index in [1.807, 2.05) is 22.9 Å². The number of benzene rings is 1. The fourth-order valence-corrected chi connectivity index (χ4v) is 3.03. The monoisotopic (exact) mass is 273 g/mol. The van der Waals surface area contributed by atoms with Crippen LogP contribution in [0.1, 0.15) is 32.2 Å². The molecule has 3 rings (SSSR count). The molecule has 1 aliphatic carbocycles. The summed E-state index contributed by atoms with van der Waals surface area (Å²) in [6.45, 7) is 2.24. The molecule has 6 nitrogen and oxygen atoms in total. The molecule has 1 aliphatic rings. The molecule has 0 spiro atoms. The maximum atomic E-state index is 6.10. The molecule has 1 aromatic heterocycles. The number of nitrogens with zero attached hydrogens (tertiary/aromatic N) is 4. The third-order valence-corrected chi connectivity index (χ3v) is 4.13. The van der Waals surface area contributed by atoms with Gasteiger partial charge in [0, 0.05) is 5.69 Å². The molecule has 2 atom stereocenters. The van der Waals surface area contributed by atoms with Crippen LogP contribution >= 0.6 is 0 Å². The van der Waals surface area contributed by atoms with Gasteiger partial charge in [0.05, 0.1) is 18.7 Å². The van der Waals surface area contributed by atoms with Crippen LogP contribution < -0.4 is 10.5 Å². The predicted octanol–water partition coefficient (Wildman–Crippen LogP) is 2.29. The van der Waals surface area contributed by atoms with Crippen LogP contribution in [0.4, 0.5) is 5.69 Å². The fraction of sp³-hybridized carbons (Fsp3) is 0.500. The lowest BCUT2D eigenvalue weighted by molar-refractivity contribution is 0.369. The number of hydrogen-bond acceptors (Lipinski definition) is 5. The maximum Gasteiger partial charge on any atom is 0.188 e. The van der Waals surface area contributed by atoms with Crippen LogP contribution in [0, 0.1) is 5.92 Å². The summed E-state index contributed by atoms with van der Waals surface area (Å²) < 4.78 is 7.31. The summed E-state index contributed by atoms with van der Waals surface area (Å²) in [5, 5.41) is 12.2. The number of nitrogens with two attached hydrogens (primary N) is 1. The Morgan fingerprint density at radius 3 is 2.90 bits per heavy atom. The molecule has 106 valence electrons. The fourth-order valence-electron chi connectivity index (χ4n) is 3.03. The van der Waals surface area contributed by atoms with Gasteiger partial charge in [-0.2, -0.15) is 0 Å². The molecule has 0 saturated heterocycles. The zero-order valence-corrected chi connectivity index (χ0v) is 11.8. The summed E-state index contributed by atoms with van der Waals surface area (Å²) >= 11 is 0. The molecule has 20 heavy (non-hydrogen) atoms. The highest BCUT2D eigenvalue weighted by atomic mass is 16.5. The molecule has 2 aromatic rings. The Balaban J connectivity index is 2.10. The third-order valence-electron chi connectivity index (χ3n) is 4.13. The summed E-state index contributed by atoms with van der Waals surface area (Å²) in [5.41, 5.74) is 7.51. The van der Waals surface area contributed by atoms with Crippen molar-refractivity contribution >= 4 is 5.69 Å². The molecule has 0 aliphatic heterocycles. The summed E-state index contributed by atoms with van der Waals surface area (Å²) in [6.07, 6.45) is 3.53. The molecule has 1 saturated carbocycles. The highest BCUT2D eigenvalue weighted by Gasteiger charge is 2.29. The van der Waals surface area contributed by atoms with Crippen molar-refractivity contribution in [2.24, 2.45) is 5.92 Å². The van der Waals surface area contributed by atoms with Crippen LogP contribution in [0.3, 0.4) is 0 Å². The summed E-state index contributed by atoms with van der Waals surface area (Å²) in [6, 6.07) is 5.92. The number of ether oxygens (including phenoxy) is 1. The van der Waals surface area contributed by atoms with Crippen LogP contribution in [0.15, 0.2) is 18.2 Å². The topological polar surface area (TPSA) is 78.8 Å². The van der Waals surface area contributed by atoms with E-state index in [-0.39, 0.29) is 0 Å². The van der Waals surface area contributed by atoms with Gasteiger partial charge in [-0.05, 0) is 41.3 Å². The molecule has 0 bridgehead atoms. The lowest BCUT2D eigenvalue weighted by Gasteiger charge is -2.18. The first-order chi connectivity index (χ1) is 9.72. The Hall–Kier alpha value is -2.11. The molecular weight excluding hydrogens is 254 g/mol. The molecule has 0 radical (unpaired) electrons. The van der Waals surface area contributed by atoms with Gasteiger partial charge in [0.2, 0.25) is 0 Å². The van der Waals surface area contributed by atoms with Crippen molar-refractivity contribution in [2.75, 3.05) is 12.8 Å². The van der Waals surface area contributed by atoms with Gasteiger partial charge in [0.15, 0.2) is 5.82 Å². The van der Waals surface area contributed by atoms with Crippen LogP contribution in [-0.4, -0.2) is 27.3 Å². The van der Waals surface area contributed by atoms with Gasteiger partial charge in [0.1, 0.15) is 5.75 Å². The lowest BCUT2D eigenvalue weighted by Crippen LogP contribution is -2.15. The molecule has 1 aromatic carbocycles. The van der Waals surface area contributed by atoms with Gasteiger partial charge >= 0.3 is 0 Å². The van der Waals surface area contributed by atoms with E-state index in [0.29, 0.717) is 29.2 Å². The van der Waals surface area contributed by atoms with Gasteiger partial charge in [-0.1, -0.05) is 19.4 Å². The van der Waals surface area contributed by atoms with Gasteiger partial charge in [-0.3, -0.25) is 0 Å². The highest BCUT2D eigenvalue weighted by Crippen LogP contribution is 2.39. The van der Waals surface area contributed by atoms with Crippen LogP contribution in [0.2, 0.25) is 0 Å². The second kappa shape index (κ2) is 5.11. The summed E-state index contributed by atoms with van der Waals surface area (Å²) in [4.78, 5) is 0. The first-order valence-electron chi connectivity index (χ1n) is 6.93. The largest absolute Gasteiger partial charge is 0.496 e. The SMILES string of the molecule is COc1cccc(N)c1-c1nnnn1C1CCCC1C. The second-order valence-corrected chi connectivity index (χ2v) is 5.35. The third kappa shape index (κ3) is 2.01. The number of nitrogen functional groups attached to an aromatic ring is 1. The number of anilines is 1. The predicted molar refractivity (Wildman–Crippen MR) is 76.3 cm³/mol. The summed E-state index contributed by atoms with van der Waals surface area (Å²) in [7, 11) is 1.63. The minimum atomic E-state index is 0.337. The molecule has 0 amide bonds. The van der Waals surface area contributed by atoms with E-state index in [4.69, 9.17) is 10.5 Å². The van der Waals surface area contributed by atoms with E-state index < -0.39 is 0 Å². The average Bonchev–Trinajstić information content (AvgIpc) is 3.06. The first kappa shape index (κ1) is 12.9. The normalized spacial score (nSPS) is 22.1. The van der Waals surface area contributed by atoms with E-state index in [9.17, 15) is 0 Å². The zero-order valence-electron chi connectivity index (χ0n) is 11.8. The number of hydrogen-bond donors (Lipinski definition) is 1. The van der Waals surface area contributed by atoms with Crippen molar-refractivity contribution in [1.82, 2.24) is 20.2 Å². The van der Waals surface area contributed by atoms with Gasteiger partial charge < -0.3 is 10.5 Å². The van der Waals surface area contributed by atoms with E-state index in [1.54, 1.807) is 7.11 Å². The van der Waals surface area contributed by atoms with Crippen molar-refractivity contribution < 1.29 is 4.74 Å². The van der Waals surface area contributed by atoms with Crippen LogP contribution in [0.25, 0.3) is 11.4 Å². The average molecular weight is 273 g/mol. The van der Waals surface area contributed by atoms with Crippen molar-refractivity contribution in [3.63, 3.8) is 0 Å². The van der Waals surface area contributed by atoms with Crippen LogP contribution in [-0.2, 0) is 0 Å². The highest BCUT2D eigenvalue weighted by molar-refractivity contribution is 5.77. The zero-order chi connectivity index (χ0) is 14.1. The van der Waals surface area contributed by atoms with Crippen molar-refractivity contribution in [3.05, 3.63) is 18.2 Å². The van der Waals surface area contributed by atoms with Gasteiger partial charge in [-0.25, -0.2) is 4.68 Å². The summed E-state index contributed by atoms with van der Waals surface area (Å²) in [5.74, 6) is 1.97. The van der Waals surface area contributed by atoms with E-state index in [2.05, 4.69) is 22.4 Å². The minimum absolute atomic E-state index is 0.337. The lowest BCUT2D eigenvalue weighted by atomic mass is 10.1. The Morgan fingerprint density at radius 2 is 2.20 bits per heavy atom. The Kier molecular flexibility index (Phi) is 3.30. The van der Waals surface area contributed by atoms with Gasteiger partial charge in [0.25, 0.3) is 0 Å². The number of aromatic nitrogens is 4.